The minimum absolute atomic E-state index is 0.00197. The van der Waals surface area contributed by atoms with Gasteiger partial charge in [-0.05, 0) is 81.2 Å². The third kappa shape index (κ3) is 8.84. The Hall–Kier alpha value is -6.57. The molecule has 4 fully saturated rings. The highest BCUT2D eigenvalue weighted by Gasteiger charge is 2.45. The highest BCUT2D eigenvalue weighted by atomic mass is 16.5. The van der Waals surface area contributed by atoms with Crippen LogP contribution in [0.5, 0.6) is 17.2 Å². The van der Waals surface area contributed by atoms with Crippen molar-refractivity contribution in [2.75, 3.05) is 31.6 Å². The highest BCUT2D eigenvalue weighted by Crippen LogP contribution is 2.35. The maximum absolute atomic E-state index is 13.2. The number of fused-ring (bicyclic) bond motifs is 1. The highest BCUT2D eigenvalue weighted by molar-refractivity contribution is 6.23. The monoisotopic (exact) mass is 832 g/mol. The lowest BCUT2D eigenvalue weighted by atomic mass is 9.86. The van der Waals surface area contributed by atoms with Crippen LogP contribution in [0.4, 0.5) is 5.82 Å². The molecule has 0 bridgehead atoms. The van der Waals surface area contributed by atoms with E-state index < -0.39 is 29.7 Å². The van der Waals surface area contributed by atoms with Crippen molar-refractivity contribution in [3.05, 3.63) is 71.2 Å². The van der Waals surface area contributed by atoms with Crippen LogP contribution >= 0.6 is 0 Å². The molecule has 4 heterocycles. The summed E-state index contributed by atoms with van der Waals surface area (Å²) in [5, 5.41) is 14.5. The van der Waals surface area contributed by atoms with E-state index in [-0.39, 0.29) is 65.8 Å². The summed E-state index contributed by atoms with van der Waals surface area (Å²) in [4.78, 5) is 90.2. The second-order valence-corrected chi connectivity index (χ2v) is 16.4. The summed E-state index contributed by atoms with van der Waals surface area (Å²) in [6, 6.07) is 11.0. The Morgan fingerprint density at radius 2 is 1.59 bits per heavy atom. The van der Waals surface area contributed by atoms with Crippen molar-refractivity contribution in [3.63, 3.8) is 0 Å². The van der Waals surface area contributed by atoms with E-state index in [4.69, 9.17) is 14.2 Å². The summed E-state index contributed by atoms with van der Waals surface area (Å²) >= 11 is 0. The van der Waals surface area contributed by atoms with Crippen molar-refractivity contribution < 1.29 is 43.0 Å². The largest absolute Gasteiger partial charge is 0.495 e. The predicted octanol–water partition coefficient (Wildman–Crippen LogP) is 3.55. The Kier molecular flexibility index (Phi) is 11.9. The Morgan fingerprint density at radius 1 is 0.885 bits per heavy atom. The molecule has 3 aliphatic heterocycles. The summed E-state index contributed by atoms with van der Waals surface area (Å²) in [7, 11) is 1.52. The van der Waals surface area contributed by atoms with Gasteiger partial charge in [-0.15, -0.1) is 0 Å². The quantitative estimate of drug-likeness (QED) is 0.250. The van der Waals surface area contributed by atoms with Gasteiger partial charge >= 0.3 is 0 Å². The van der Waals surface area contributed by atoms with Gasteiger partial charge in [-0.25, -0.2) is 9.97 Å². The van der Waals surface area contributed by atoms with Gasteiger partial charge < -0.3 is 29.3 Å². The molecule has 2 aliphatic carbocycles. The van der Waals surface area contributed by atoms with Gasteiger partial charge in [0.15, 0.2) is 0 Å². The number of imide groups is 2. The van der Waals surface area contributed by atoms with E-state index in [9.17, 15) is 34.0 Å². The number of piperidine rings is 2. The third-order valence-corrected chi connectivity index (χ3v) is 12.5. The fourth-order valence-electron chi connectivity index (χ4n) is 8.98. The lowest BCUT2D eigenvalue weighted by molar-refractivity contribution is -0.137. The summed E-state index contributed by atoms with van der Waals surface area (Å²) in [5.41, 5.74) is 1.06. The number of carbonyl (C=O) groups is 6. The molecule has 318 valence electrons. The van der Waals surface area contributed by atoms with Crippen LogP contribution in [0, 0.1) is 17.2 Å². The topological polar surface area (TPSA) is 213 Å². The minimum Gasteiger partial charge on any atom is -0.495 e. The van der Waals surface area contributed by atoms with Crippen molar-refractivity contribution in [2.45, 2.75) is 101 Å². The van der Waals surface area contributed by atoms with Crippen LogP contribution in [-0.4, -0.2) is 112 Å². The molecule has 2 saturated carbocycles. The van der Waals surface area contributed by atoms with Crippen molar-refractivity contribution in [2.24, 2.45) is 5.92 Å². The predicted molar refractivity (Wildman–Crippen MR) is 217 cm³/mol. The van der Waals surface area contributed by atoms with E-state index in [1.165, 1.54) is 25.4 Å². The number of amides is 6. The number of ether oxygens (including phenoxy) is 3. The van der Waals surface area contributed by atoms with Crippen molar-refractivity contribution >= 4 is 41.3 Å². The first-order chi connectivity index (χ1) is 29.5. The van der Waals surface area contributed by atoms with Gasteiger partial charge in [0.2, 0.25) is 17.7 Å². The Morgan fingerprint density at radius 3 is 2.26 bits per heavy atom. The van der Waals surface area contributed by atoms with Gasteiger partial charge in [-0.1, -0.05) is 0 Å². The van der Waals surface area contributed by atoms with Crippen LogP contribution in [0.1, 0.15) is 108 Å². The zero-order valence-electron chi connectivity index (χ0n) is 34.1. The standard InChI is InChI=1S/C44H48N8O9/c1-25(53)51(29-17-33(18-29)61-31-9-10-34-35(19-31)44(58)52(43(34)57)37-11-12-40(54)49-42(37)56)24-26-13-15-50(16-14-26)39-23-46-36(22-47-39)41(55)48-28-4-7-30(8-5-28)60-32-6-3-27(21-45)38(20-32)59-2/h3,6,9-10,19-20,22-23,26,28-30,33,37H,4-5,7-8,11-18,24H2,1-2H3,(H,48,55)(H,49,54,56). The Labute approximate surface area is 352 Å². The van der Waals surface area contributed by atoms with Gasteiger partial charge in [-0.2, -0.15) is 5.26 Å². The molecular weight excluding hydrogens is 785 g/mol. The maximum atomic E-state index is 13.2. The molecule has 5 aliphatic rings. The Bertz CT molecular complexity index is 2260. The first-order valence-corrected chi connectivity index (χ1v) is 20.9. The van der Waals surface area contributed by atoms with Gasteiger partial charge in [0.05, 0.1) is 42.3 Å². The number of aromatic nitrogens is 2. The number of methoxy groups -OCH3 is 1. The average Bonchev–Trinajstić information content (AvgIpc) is 3.49. The van der Waals surface area contributed by atoms with Crippen LogP contribution < -0.4 is 29.7 Å². The number of hydrogen-bond acceptors (Lipinski definition) is 13. The first-order valence-electron chi connectivity index (χ1n) is 20.9. The molecule has 0 radical (unpaired) electrons. The number of nitrogens with one attached hydrogen (secondary N) is 2. The number of benzene rings is 2. The fourth-order valence-corrected chi connectivity index (χ4v) is 8.98. The molecule has 6 amide bonds. The lowest BCUT2D eigenvalue weighted by Crippen LogP contribution is -2.54. The molecule has 8 rings (SSSR count). The maximum Gasteiger partial charge on any atom is 0.271 e. The van der Waals surface area contributed by atoms with Crippen LogP contribution in [0.15, 0.2) is 48.8 Å². The Balaban J connectivity index is 0.760. The SMILES string of the molecule is COc1cc(OC2CCC(NC(=O)c3cnc(N4CCC(CN(C(C)=O)C5CC(Oc6ccc7c(c6)C(=O)N(C6CCC(=O)NC6=O)C7=O)C5)CC4)cn3)CC2)ccc1C#N. The molecule has 3 aromatic rings. The van der Waals surface area contributed by atoms with Crippen LogP contribution in [0.25, 0.3) is 0 Å². The minimum atomic E-state index is -1.04. The zero-order valence-corrected chi connectivity index (χ0v) is 34.1. The van der Waals surface area contributed by atoms with Crippen LogP contribution in [0.2, 0.25) is 0 Å². The first kappa shape index (κ1) is 41.2. The van der Waals surface area contributed by atoms with Crippen LogP contribution in [-0.2, 0) is 14.4 Å². The number of hydrogen-bond donors (Lipinski definition) is 2. The molecule has 17 nitrogen and oxygen atoms in total. The molecule has 1 aromatic heterocycles. The zero-order chi connectivity index (χ0) is 42.8. The number of carbonyl (C=O) groups excluding carboxylic acids is 6. The van der Waals surface area contributed by atoms with E-state index in [2.05, 4.69) is 31.6 Å². The molecule has 17 heteroatoms. The smallest absolute Gasteiger partial charge is 0.271 e. The molecule has 2 aromatic carbocycles. The normalized spacial score (nSPS) is 23.9. The van der Waals surface area contributed by atoms with Gasteiger partial charge in [-0.3, -0.25) is 39.0 Å². The van der Waals surface area contributed by atoms with Gasteiger partial charge in [0.25, 0.3) is 17.7 Å². The number of nitriles is 1. The molecular formula is C44H48N8O9. The fraction of sp³-hybridized carbons (Fsp3) is 0.477. The molecule has 1 unspecified atom stereocenters. The molecule has 2 saturated heterocycles. The average molecular weight is 833 g/mol. The van der Waals surface area contributed by atoms with Crippen LogP contribution in [0.3, 0.4) is 0 Å². The number of anilines is 1. The summed E-state index contributed by atoms with van der Waals surface area (Å²) in [5.74, 6) is 0.0637. The van der Waals surface area contributed by atoms with Crippen molar-refractivity contribution in [1.29, 1.82) is 5.26 Å². The molecule has 0 spiro atoms. The van der Waals surface area contributed by atoms with Crippen molar-refractivity contribution in [3.8, 4) is 23.3 Å². The third-order valence-electron chi connectivity index (χ3n) is 12.5. The number of nitrogens with zero attached hydrogens (tertiary/aromatic N) is 6. The molecule has 2 N–H and O–H groups in total. The van der Waals surface area contributed by atoms with E-state index in [0.29, 0.717) is 53.9 Å². The lowest BCUT2D eigenvalue weighted by Gasteiger charge is -2.44. The summed E-state index contributed by atoms with van der Waals surface area (Å²) in [6.07, 6.45) is 9.19. The number of rotatable bonds is 12. The van der Waals surface area contributed by atoms with E-state index in [0.717, 1.165) is 56.5 Å². The molecule has 1 atom stereocenters. The van der Waals surface area contributed by atoms with E-state index in [1.54, 1.807) is 37.4 Å². The van der Waals surface area contributed by atoms with Crippen molar-refractivity contribution in [1.82, 2.24) is 30.4 Å². The van der Waals surface area contributed by atoms with Gasteiger partial charge in [0, 0.05) is 64.0 Å². The molecule has 61 heavy (non-hydrogen) atoms. The van der Waals surface area contributed by atoms with E-state index in [1.807, 2.05) is 4.90 Å². The summed E-state index contributed by atoms with van der Waals surface area (Å²) in [6.45, 7) is 3.71. The summed E-state index contributed by atoms with van der Waals surface area (Å²) < 4.78 is 17.6. The second kappa shape index (κ2) is 17.6. The van der Waals surface area contributed by atoms with E-state index >= 15 is 0 Å². The van der Waals surface area contributed by atoms with Gasteiger partial charge in [0.1, 0.15) is 47.0 Å². The second-order valence-electron chi connectivity index (χ2n) is 16.4.